The third kappa shape index (κ3) is 3.66. The first-order chi connectivity index (χ1) is 15.1. The molecule has 0 fully saturated rings. The van der Waals surface area contributed by atoms with Crippen LogP contribution in [-0.2, 0) is 17.8 Å². The van der Waals surface area contributed by atoms with E-state index in [9.17, 15) is 9.59 Å². The summed E-state index contributed by atoms with van der Waals surface area (Å²) in [4.78, 5) is 27.1. The van der Waals surface area contributed by atoms with Crippen LogP contribution in [0.15, 0.2) is 74.6 Å². The standard InChI is InChI=1S/C24H17ClN2O4/c25-17-8-5-15(6-9-17)24-19-13-27(12-11-20(19)26-31-24)22(28)10-7-16-14-30-21-4-2-1-3-18(21)23(16)29/h1-10,14H,11-13H2/b10-7+. The fourth-order valence-corrected chi connectivity index (χ4v) is 3.83. The van der Waals surface area contributed by atoms with Crippen LogP contribution in [0.3, 0.4) is 0 Å². The third-order valence-corrected chi connectivity index (χ3v) is 5.62. The maximum Gasteiger partial charge on any atom is 0.246 e. The zero-order chi connectivity index (χ0) is 21.4. The maximum atomic E-state index is 12.8. The number of para-hydroxylation sites is 1. The van der Waals surface area contributed by atoms with Crippen molar-refractivity contribution in [2.45, 2.75) is 13.0 Å². The minimum absolute atomic E-state index is 0.170. The average Bonchev–Trinajstić information content (AvgIpc) is 3.22. The number of carbonyl (C=O) groups is 1. The van der Waals surface area contributed by atoms with Gasteiger partial charge in [0.2, 0.25) is 5.91 Å². The minimum Gasteiger partial charge on any atom is -0.463 e. The molecule has 1 aliphatic rings. The number of halogens is 1. The van der Waals surface area contributed by atoms with E-state index in [1.54, 1.807) is 41.3 Å². The number of rotatable bonds is 3. The lowest BCUT2D eigenvalue weighted by Crippen LogP contribution is -2.34. The molecule has 7 heteroatoms. The van der Waals surface area contributed by atoms with Gasteiger partial charge >= 0.3 is 0 Å². The van der Waals surface area contributed by atoms with E-state index in [0.29, 0.717) is 46.8 Å². The topological polar surface area (TPSA) is 76.6 Å². The lowest BCUT2D eigenvalue weighted by atomic mass is 10.0. The molecule has 0 radical (unpaired) electrons. The van der Waals surface area contributed by atoms with Crippen molar-refractivity contribution in [2.24, 2.45) is 0 Å². The molecule has 0 atom stereocenters. The Morgan fingerprint density at radius 2 is 1.94 bits per heavy atom. The normalized spacial score (nSPS) is 13.6. The minimum atomic E-state index is -0.193. The number of carbonyl (C=O) groups excluding carboxylic acids is 1. The van der Waals surface area contributed by atoms with E-state index in [1.165, 1.54) is 18.4 Å². The Kier molecular flexibility index (Phi) is 4.92. The van der Waals surface area contributed by atoms with Crippen LogP contribution in [0.1, 0.15) is 16.8 Å². The molecule has 0 saturated carbocycles. The third-order valence-electron chi connectivity index (χ3n) is 5.37. The van der Waals surface area contributed by atoms with Crippen molar-refractivity contribution in [2.75, 3.05) is 6.54 Å². The fraction of sp³-hybridized carbons (Fsp3) is 0.125. The molecule has 1 amide bonds. The molecule has 0 aliphatic carbocycles. The van der Waals surface area contributed by atoms with E-state index in [2.05, 4.69) is 5.16 Å². The van der Waals surface area contributed by atoms with E-state index in [-0.39, 0.29) is 11.3 Å². The molecule has 3 heterocycles. The molecule has 31 heavy (non-hydrogen) atoms. The lowest BCUT2D eigenvalue weighted by molar-refractivity contribution is -0.126. The molecule has 1 aliphatic heterocycles. The van der Waals surface area contributed by atoms with Gasteiger partial charge in [-0.15, -0.1) is 0 Å². The summed E-state index contributed by atoms with van der Waals surface area (Å²) in [7, 11) is 0. The van der Waals surface area contributed by atoms with Gasteiger partial charge in [0.1, 0.15) is 11.8 Å². The molecule has 0 spiro atoms. The van der Waals surface area contributed by atoms with Gasteiger partial charge in [0, 0.05) is 35.2 Å². The second kappa shape index (κ2) is 7.89. The van der Waals surface area contributed by atoms with Gasteiger partial charge in [-0.3, -0.25) is 9.59 Å². The summed E-state index contributed by atoms with van der Waals surface area (Å²) < 4.78 is 11.1. The highest BCUT2D eigenvalue weighted by molar-refractivity contribution is 6.30. The van der Waals surface area contributed by atoms with Crippen LogP contribution in [0.4, 0.5) is 0 Å². The van der Waals surface area contributed by atoms with Crippen molar-refractivity contribution >= 4 is 34.6 Å². The first-order valence-electron chi connectivity index (χ1n) is 9.81. The smallest absolute Gasteiger partial charge is 0.246 e. The Bertz CT molecular complexity index is 1370. The summed E-state index contributed by atoms with van der Waals surface area (Å²) in [5.41, 5.74) is 3.28. The zero-order valence-corrected chi connectivity index (χ0v) is 17.1. The molecular formula is C24H17ClN2O4. The number of hydrogen-bond donors (Lipinski definition) is 0. The summed E-state index contributed by atoms with van der Waals surface area (Å²) in [6.07, 6.45) is 4.89. The monoisotopic (exact) mass is 432 g/mol. The predicted molar refractivity (Wildman–Crippen MR) is 118 cm³/mol. The van der Waals surface area contributed by atoms with E-state index in [1.807, 2.05) is 12.1 Å². The van der Waals surface area contributed by atoms with E-state index in [0.717, 1.165) is 16.8 Å². The van der Waals surface area contributed by atoms with Crippen LogP contribution in [0, 0.1) is 0 Å². The Hall–Kier alpha value is -3.64. The molecule has 5 rings (SSSR count). The second-order valence-corrected chi connectivity index (χ2v) is 7.74. The van der Waals surface area contributed by atoms with E-state index in [4.69, 9.17) is 20.5 Å². The van der Waals surface area contributed by atoms with Crippen molar-refractivity contribution in [3.8, 4) is 11.3 Å². The Labute approximate surface area is 182 Å². The number of nitrogens with zero attached hydrogens (tertiary/aromatic N) is 2. The van der Waals surface area contributed by atoms with Crippen molar-refractivity contribution in [1.29, 1.82) is 0 Å². The molecule has 0 N–H and O–H groups in total. The molecule has 2 aromatic heterocycles. The zero-order valence-electron chi connectivity index (χ0n) is 16.4. The molecule has 4 aromatic rings. The van der Waals surface area contributed by atoms with Gasteiger partial charge < -0.3 is 13.8 Å². The summed E-state index contributed by atoms with van der Waals surface area (Å²) in [6.45, 7) is 0.904. The largest absolute Gasteiger partial charge is 0.463 e. The van der Waals surface area contributed by atoms with Gasteiger partial charge in [-0.1, -0.05) is 28.9 Å². The summed E-state index contributed by atoms with van der Waals surface area (Å²) in [5, 5.41) is 5.29. The summed E-state index contributed by atoms with van der Waals surface area (Å²) in [5.74, 6) is 0.449. The molecular weight excluding hydrogens is 416 g/mol. The summed E-state index contributed by atoms with van der Waals surface area (Å²) in [6, 6.07) is 14.3. The number of amides is 1. The lowest BCUT2D eigenvalue weighted by Gasteiger charge is -2.25. The molecule has 6 nitrogen and oxygen atoms in total. The predicted octanol–water partition coefficient (Wildman–Crippen LogP) is 4.70. The van der Waals surface area contributed by atoms with Gasteiger partial charge in [-0.25, -0.2) is 0 Å². The molecule has 154 valence electrons. The number of hydrogen-bond acceptors (Lipinski definition) is 5. The number of fused-ring (bicyclic) bond motifs is 2. The maximum absolute atomic E-state index is 12.8. The Morgan fingerprint density at radius 3 is 2.77 bits per heavy atom. The van der Waals surface area contributed by atoms with Crippen molar-refractivity contribution in [3.63, 3.8) is 0 Å². The quantitative estimate of drug-likeness (QED) is 0.438. The Morgan fingerprint density at radius 1 is 1.13 bits per heavy atom. The summed E-state index contributed by atoms with van der Waals surface area (Å²) >= 11 is 5.97. The first kappa shape index (κ1) is 19.3. The van der Waals surface area contributed by atoms with Crippen molar-refractivity contribution in [3.05, 3.63) is 92.9 Å². The SMILES string of the molecule is O=C(/C=C/c1coc2ccccc2c1=O)N1CCc2noc(-c3ccc(Cl)cc3)c2C1. The second-order valence-electron chi connectivity index (χ2n) is 7.30. The van der Waals surface area contributed by atoms with E-state index < -0.39 is 0 Å². The van der Waals surface area contributed by atoms with Gasteiger partial charge in [-0.2, -0.15) is 0 Å². The van der Waals surface area contributed by atoms with Crippen LogP contribution in [0.2, 0.25) is 5.02 Å². The Balaban J connectivity index is 1.38. The van der Waals surface area contributed by atoms with Crippen molar-refractivity contribution < 1.29 is 13.7 Å². The average molecular weight is 433 g/mol. The highest BCUT2D eigenvalue weighted by Gasteiger charge is 2.26. The van der Waals surface area contributed by atoms with E-state index >= 15 is 0 Å². The number of aromatic nitrogens is 1. The van der Waals surface area contributed by atoms with Gasteiger partial charge in [0.15, 0.2) is 11.2 Å². The van der Waals surface area contributed by atoms with Crippen LogP contribution in [-0.4, -0.2) is 22.5 Å². The van der Waals surface area contributed by atoms with Crippen LogP contribution in [0.25, 0.3) is 28.4 Å². The highest BCUT2D eigenvalue weighted by atomic mass is 35.5. The fourth-order valence-electron chi connectivity index (χ4n) is 3.70. The molecule has 0 unspecified atom stereocenters. The molecule has 2 aromatic carbocycles. The first-order valence-corrected chi connectivity index (χ1v) is 10.2. The highest BCUT2D eigenvalue weighted by Crippen LogP contribution is 2.31. The molecule has 0 saturated heterocycles. The van der Waals surface area contributed by atoms with Crippen molar-refractivity contribution in [1.82, 2.24) is 10.1 Å². The van der Waals surface area contributed by atoms with Crippen LogP contribution >= 0.6 is 11.6 Å². The molecule has 0 bridgehead atoms. The van der Waals surface area contributed by atoms with Crippen LogP contribution < -0.4 is 5.43 Å². The van der Waals surface area contributed by atoms with Gasteiger partial charge in [-0.05, 0) is 42.5 Å². The number of benzene rings is 2. The van der Waals surface area contributed by atoms with Gasteiger partial charge in [0.05, 0.1) is 23.2 Å². The van der Waals surface area contributed by atoms with Crippen LogP contribution in [0.5, 0.6) is 0 Å². The van der Waals surface area contributed by atoms with Gasteiger partial charge in [0.25, 0.3) is 0 Å².